The number of hydrogen-bond donors (Lipinski definition) is 1. The largest absolute Gasteiger partial charge is 0.492 e. The molecule has 8 heteroatoms. The second-order valence-corrected chi connectivity index (χ2v) is 8.92. The Balaban J connectivity index is 0.00000133. The summed E-state index contributed by atoms with van der Waals surface area (Å²) in [6, 6.07) is 9.87. The summed E-state index contributed by atoms with van der Waals surface area (Å²) in [6.45, 7) is 8.06. The van der Waals surface area contributed by atoms with E-state index in [0.717, 1.165) is 40.2 Å². The van der Waals surface area contributed by atoms with Crippen LogP contribution in [0.1, 0.15) is 42.8 Å². The first-order chi connectivity index (χ1) is 16.7. The van der Waals surface area contributed by atoms with Gasteiger partial charge in [-0.3, -0.25) is 9.69 Å². The summed E-state index contributed by atoms with van der Waals surface area (Å²) >= 11 is 1.33. The van der Waals surface area contributed by atoms with Gasteiger partial charge >= 0.3 is 0 Å². The Hall–Kier alpha value is -3.23. The summed E-state index contributed by atoms with van der Waals surface area (Å²) in [5, 5.41) is 6.35. The molecule has 0 atom stereocenters. The number of benzene rings is 1. The molecule has 1 aromatic carbocycles. The van der Waals surface area contributed by atoms with E-state index < -0.39 is 5.91 Å². The van der Waals surface area contributed by atoms with E-state index >= 15 is 0 Å². The number of hydrogen-bond acceptors (Lipinski definition) is 6. The van der Waals surface area contributed by atoms with Crippen molar-refractivity contribution in [1.82, 2.24) is 19.5 Å². The zero-order valence-corrected chi connectivity index (χ0v) is 20.6. The molecule has 1 aliphatic heterocycles. The Morgan fingerprint density at radius 3 is 2.53 bits per heavy atom. The smallest absolute Gasteiger partial charge is 0.258 e. The van der Waals surface area contributed by atoms with Crippen LogP contribution in [-0.2, 0) is 0 Å². The molecular weight excluding hydrogens is 446 g/mol. The van der Waals surface area contributed by atoms with Gasteiger partial charge < -0.3 is 10.5 Å². The van der Waals surface area contributed by atoms with Gasteiger partial charge in [-0.2, -0.15) is 5.10 Å². The lowest BCUT2D eigenvalue weighted by Crippen LogP contribution is -2.33. The fourth-order valence-corrected chi connectivity index (χ4v) is 4.81. The molecule has 0 aliphatic carbocycles. The molecule has 0 bridgehead atoms. The van der Waals surface area contributed by atoms with E-state index in [9.17, 15) is 4.79 Å². The molecule has 4 aromatic rings. The summed E-state index contributed by atoms with van der Waals surface area (Å²) in [5.41, 5.74) is 9.89. The first-order valence-corrected chi connectivity index (χ1v) is 12.7. The summed E-state index contributed by atoms with van der Waals surface area (Å²) < 4.78 is 7.69. The number of carbonyl (C=O) groups is 1. The highest BCUT2D eigenvalue weighted by atomic mass is 32.1. The highest BCUT2D eigenvalue weighted by molar-refractivity contribution is 7.12. The molecule has 1 amide bonds. The fraction of sp³-hybridized carbons (Fsp3) is 0.346. The molecule has 178 valence electrons. The molecule has 1 aliphatic rings. The van der Waals surface area contributed by atoms with Gasteiger partial charge in [0.2, 0.25) is 0 Å². The number of carbonyl (C=O) groups excluding carboxylic acids is 1. The zero-order chi connectivity index (χ0) is 23.9. The molecule has 5 rings (SSSR count). The van der Waals surface area contributed by atoms with Gasteiger partial charge in [-0.15, -0.1) is 11.3 Å². The van der Waals surface area contributed by atoms with Crippen LogP contribution < -0.4 is 10.5 Å². The minimum absolute atomic E-state index is 0.424. The lowest BCUT2D eigenvalue weighted by atomic mass is 10.1. The third-order valence-electron chi connectivity index (χ3n) is 5.82. The lowest BCUT2D eigenvalue weighted by molar-refractivity contribution is 0.100. The third-order valence-corrected chi connectivity index (χ3v) is 6.77. The Morgan fingerprint density at radius 2 is 1.82 bits per heavy atom. The molecule has 0 unspecified atom stereocenters. The van der Waals surface area contributed by atoms with Gasteiger partial charge in [0.05, 0.1) is 11.1 Å². The summed E-state index contributed by atoms with van der Waals surface area (Å²) in [6.07, 6.45) is 9.51. The molecular formula is C26H31N5O2S. The molecule has 0 spiro atoms. The topological polar surface area (TPSA) is 85.8 Å². The molecule has 3 aromatic heterocycles. The summed E-state index contributed by atoms with van der Waals surface area (Å²) in [4.78, 5) is 19.0. The van der Waals surface area contributed by atoms with Gasteiger partial charge in [-0.25, -0.2) is 9.50 Å². The highest BCUT2D eigenvalue weighted by Crippen LogP contribution is 2.29. The molecule has 0 radical (unpaired) electrons. The van der Waals surface area contributed by atoms with Crippen molar-refractivity contribution in [2.24, 2.45) is 5.73 Å². The molecule has 1 fully saturated rings. The van der Waals surface area contributed by atoms with Crippen LogP contribution >= 0.6 is 11.3 Å². The van der Waals surface area contributed by atoms with E-state index in [-0.39, 0.29) is 0 Å². The molecule has 7 nitrogen and oxygen atoms in total. The molecule has 4 heterocycles. The van der Waals surface area contributed by atoms with Crippen LogP contribution in [0.15, 0.2) is 54.3 Å². The van der Waals surface area contributed by atoms with Crippen LogP contribution in [-0.4, -0.2) is 51.6 Å². The van der Waals surface area contributed by atoms with Gasteiger partial charge in [-0.1, -0.05) is 32.4 Å². The Labute approximate surface area is 204 Å². The Kier molecular flexibility index (Phi) is 7.92. The summed E-state index contributed by atoms with van der Waals surface area (Å²) in [5.74, 6) is 0.454. The second kappa shape index (κ2) is 11.3. The SMILES string of the molecule is CC.NC(=O)c1cc(-c2cnn3cc(-c4ccc(OCCN5CCCCC5)cc4)cnc23)cs1. The number of fused-ring (bicyclic) bond motifs is 1. The van der Waals surface area contributed by atoms with Crippen molar-refractivity contribution in [2.45, 2.75) is 33.1 Å². The van der Waals surface area contributed by atoms with Crippen LogP contribution in [0.3, 0.4) is 0 Å². The maximum Gasteiger partial charge on any atom is 0.258 e. The van der Waals surface area contributed by atoms with Gasteiger partial charge in [0.25, 0.3) is 5.91 Å². The Morgan fingerprint density at radius 1 is 1.06 bits per heavy atom. The standard InChI is InChI=1S/C24H25N5O2S.C2H6/c25-23(30)22-12-18(16-32-22)21-14-27-29-15-19(13-26-24(21)29)17-4-6-20(7-5-17)31-11-10-28-8-2-1-3-9-28;1-2/h4-7,12-16H,1-3,8-11H2,(H2,25,30);1-2H3. The number of ether oxygens (including phenoxy) is 1. The highest BCUT2D eigenvalue weighted by Gasteiger charge is 2.13. The molecule has 0 saturated carbocycles. The third kappa shape index (κ3) is 5.46. The van der Waals surface area contributed by atoms with Crippen molar-refractivity contribution in [2.75, 3.05) is 26.2 Å². The average molecular weight is 478 g/mol. The van der Waals surface area contributed by atoms with Crippen molar-refractivity contribution in [1.29, 1.82) is 0 Å². The van der Waals surface area contributed by atoms with Crippen LogP contribution in [0.25, 0.3) is 27.9 Å². The van der Waals surface area contributed by atoms with Gasteiger partial charge in [0.1, 0.15) is 12.4 Å². The van der Waals surface area contributed by atoms with Crippen molar-refractivity contribution in [3.05, 3.63) is 59.2 Å². The number of piperidine rings is 1. The van der Waals surface area contributed by atoms with Crippen molar-refractivity contribution >= 4 is 22.9 Å². The number of nitrogens with two attached hydrogens (primary N) is 1. The minimum atomic E-state index is -0.424. The number of rotatable bonds is 7. The number of likely N-dealkylation sites (tertiary alicyclic amines) is 1. The van der Waals surface area contributed by atoms with Crippen molar-refractivity contribution < 1.29 is 9.53 Å². The average Bonchev–Trinajstić information content (AvgIpc) is 3.53. The molecule has 1 saturated heterocycles. The summed E-state index contributed by atoms with van der Waals surface area (Å²) in [7, 11) is 0. The monoisotopic (exact) mass is 477 g/mol. The van der Waals surface area contributed by atoms with Gasteiger partial charge in [0, 0.05) is 30.1 Å². The van der Waals surface area contributed by atoms with Crippen LogP contribution in [0.2, 0.25) is 0 Å². The quantitative estimate of drug-likeness (QED) is 0.400. The number of primary amides is 1. The normalized spacial score (nSPS) is 13.9. The maximum atomic E-state index is 11.4. The van der Waals surface area contributed by atoms with Gasteiger partial charge in [0.15, 0.2) is 5.65 Å². The number of thiophene rings is 1. The zero-order valence-electron chi connectivity index (χ0n) is 19.7. The van der Waals surface area contributed by atoms with E-state index in [1.807, 2.05) is 55.9 Å². The van der Waals surface area contributed by atoms with E-state index in [2.05, 4.69) is 15.0 Å². The lowest BCUT2D eigenvalue weighted by Gasteiger charge is -2.26. The van der Waals surface area contributed by atoms with E-state index in [4.69, 9.17) is 10.5 Å². The van der Waals surface area contributed by atoms with Crippen molar-refractivity contribution in [3.63, 3.8) is 0 Å². The number of amides is 1. The van der Waals surface area contributed by atoms with Crippen LogP contribution in [0.4, 0.5) is 0 Å². The second-order valence-electron chi connectivity index (χ2n) is 8.01. The number of nitrogens with zero attached hydrogens (tertiary/aromatic N) is 4. The van der Waals surface area contributed by atoms with E-state index in [1.54, 1.807) is 16.8 Å². The maximum absolute atomic E-state index is 11.4. The molecule has 34 heavy (non-hydrogen) atoms. The predicted molar refractivity (Wildman–Crippen MR) is 137 cm³/mol. The number of aromatic nitrogens is 3. The first-order valence-electron chi connectivity index (χ1n) is 11.8. The van der Waals surface area contributed by atoms with Crippen LogP contribution in [0.5, 0.6) is 5.75 Å². The van der Waals surface area contributed by atoms with E-state index in [0.29, 0.717) is 11.5 Å². The predicted octanol–water partition coefficient (Wildman–Crippen LogP) is 5.11. The van der Waals surface area contributed by atoms with Crippen molar-refractivity contribution in [3.8, 4) is 28.0 Å². The van der Waals surface area contributed by atoms with Crippen LogP contribution in [0, 0.1) is 0 Å². The Bertz CT molecular complexity index is 1230. The molecule has 2 N–H and O–H groups in total. The first kappa shape index (κ1) is 23.9. The minimum Gasteiger partial charge on any atom is -0.492 e. The van der Waals surface area contributed by atoms with Gasteiger partial charge in [-0.05, 0) is 60.6 Å². The van der Waals surface area contributed by atoms with E-state index in [1.165, 1.54) is 43.7 Å². The fourth-order valence-electron chi connectivity index (χ4n) is 4.05.